The van der Waals surface area contributed by atoms with Crippen LogP contribution in [0.1, 0.15) is 38.7 Å². The largest absolute Gasteiger partial charge is 0.493 e. The molecule has 0 amide bonds. The zero-order chi connectivity index (χ0) is 15.2. The second kappa shape index (κ2) is 8.04. The van der Waals surface area contributed by atoms with E-state index in [-0.39, 0.29) is 0 Å². The highest BCUT2D eigenvalue weighted by Crippen LogP contribution is 2.36. The molecule has 1 aliphatic rings. The molecule has 2 unspecified atom stereocenters. The first kappa shape index (κ1) is 16.6. The molecule has 0 bridgehead atoms. The lowest BCUT2D eigenvalue weighted by molar-refractivity contribution is 0.308. The van der Waals surface area contributed by atoms with Crippen molar-refractivity contribution >= 4 is 15.9 Å². The van der Waals surface area contributed by atoms with Gasteiger partial charge in [0.15, 0.2) is 11.5 Å². The van der Waals surface area contributed by atoms with E-state index in [4.69, 9.17) is 9.47 Å². The molecule has 0 aliphatic heterocycles. The third kappa shape index (κ3) is 4.62. The van der Waals surface area contributed by atoms with E-state index in [1.165, 1.54) is 24.8 Å². The minimum Gasteiger partial charge on any atom is -0.493 e. The molecule has 1 aliphatic carbocycles. The zero-order valence-corrected chi connectivity index (χ0v) is 14.8. The van der Waals surface area contributed by atoms with Gasteiger partial charge in [-0.25, -0.2) is 0 Å². The average Bonchev–Trinajstić information content (AvgIpc) is 2.87. The van der Waals surface area contributed by atoms with Crippen LogP contribution in [0.15, 0.2) is 16.6 Å². The summed E-state index contributed by atoms with van der Waals surface area (Å²) in [6.07, 6.45) is 4.11. The summed E-state index contributed by atoms with van der Waals surface area (Å²) in [5, 5.41) is 3.58. The predicted molar refractivity (Wildman–Crippen MR) is 90.1 cm³/mol. The summed E-state index contributed by atoms with van der Waals surface area (Å²) in [5.74, 6) is 3.32. The number of methoxy groups -OCH3 is 1. The van der Waals surface area contributed by atoms with Crippen molar-refractivity contribution in [2.24, 2.45) is 11.8 Å². The molecule has 0 aromatic heterocycles. The van der Waals surface area contributed by atoms with Gasteiger partial charge in [0.1, 0.15) is 0 Å². The molecule has 118 valence electrons. The fourth-order valence-electron chi connectivity index (χ4n) is 3.09. The number of ether oxygens (including phenoxy) is 2. The summed E-state index contributed by atoms with van der Waals surface area (Å²) in [6.45, 7) is 6.94. The summed E-state index contributed by atoms with van der Waals surface area (Å²) < 4.78 is 12.0. The maximum absolute atomic E-state index is 5.62. The Morgan fingerprint density at radius 3 is 2.76 bits per heavy atom. The summed E-state index contributed by atoms with van der Waals surface area (Å²) >= 11 is 3.57. The van der Waals surface area contributed by atoms with Crippen LogP contribution in [0.5, 0.6) is 11.5 Å². The van der Waals surface area contributed by atoms with Crippen molar-refractivity contribution in [3.8, 4) is 11.5 Å². The van der Waals surface area contributed by atoms with Gasteiger partial charge >= 0.3 is 0 Å². The first-order chi connectivity index (χ1) is 10.1. The lowest BCUT2D eigenvalue weighted by Gasteiger charge is -2.15. The molecule has 1 aromatic rings. The fourth-order valence-corrected chi connectivity index (χ4v) is 3.69. The number of benzene rings is 1. The second-order valence-corrected chi connectivity index (χ2v) is 6.81. The Morgan fingerprint density at radius 1 is 1.33 bits per heavy atom. The van der Waals surface area contributed by atoms with Crippen molar-refractivity contribution in [2.75, 3.05) is 20.3 Å². The molecule has 21 heavy (non-hydrogen) atoms. The fraction of sp³-hybridized carbons (Fsp3) is 0.647. The van der Waals surface area contributed by atoms with E-state index < -0.39 is 0 Å². The quantitative estimate of drug-likeness (QED) is 0.786. The van der Waals surface area contributed by atoms with Crippen molar-refractivity contribution in [2.45, 2.75) is 39.7 Å². The van der Waals surface area contributed by atoms with E-state index >= 15 is 0 Å². The average molecular weight is 356 g/mol. The van der Waals surface area contributed by atoms with Crippen molar-refractivity contribution in [1.82, 2.24) is 5.32 Å². The third-order valence-corrected chi connectivity index (χ3v) is 4.73. The van der Waals surface area contributed by atoms with Crippen LogP contribution in [0.3, 0.4) is 0 Å². The lowest BCUT2D eigenvalue weighted by atomic mass is 10.1. The van der Waals surface area contributed by atoms with Crippen LogP contribution in [0.25, 0.3) is 0 Å². The van der Waals surface area contributed by atoms with Crippen molar-refractivity contribution in [3.63, 3.8) is 0 Å². The van der Waals surface area contributed by atoms with Gasteiger partial charge in [-0.05, 0) is 71.8 Å². The third-order valence-electron chi connectivity index (χ3n) is 4.14. The minimum absolute atomic E-state index is 0.631. The first-order valence-corrected chi connectivity index (χ1v) is 8.63. The molecule has 1 N–H and O–H groups in total. The summed E-state index contributed by atoms with van der Waals surface area (Å²) in [7, 11) is 1.68. The normalized spacial score (nSPS) is 21.5. The monoisotopic (exact) mass is 355 g/mol. The molecule has 1 saturated carbocycles. The highest BCUT2D eigenvalue weighted by molar-refractivity contribution is 9.10. The Balaban J connectivity index is 1.92. The van der Waals surface area contributed by atoms with Gasteiger partial charge in [0, 0.05) is 6.54 Å². The molecule has 2 atom stereocenters. The highest BCUT2D eigenvalue weighted by Gasteiger charge is 2.20. The smallest absolute Gasteiger partial charge is 0.175 e. The van der Waals surface area contributed by atoms with Crippen molar-refractivity contribution < 1.29 is 9.47 Å². The van der Waals surface area contributed by atoms with Gasteiger partial charge in [-0.15, -0.1) is 0 Å². The number of halogens is 1. The van der Waals surface area contributed by atoms with E-state index in [0.29, 0.717) is 6.61 Å². The van der Waals surface area contributed by atoms with Crippen LogP contribution in [0.2, 0.25) is 0 Å². The highest BCUT2D eigenvalue weighted by atomic mass is 79.9. The molecule has 4 heteroatoms. The molecule has 0 heterocycles. The molecule has 0 saturated heterocycles. The molecule has 0 radical (unpaired) electrons. The lowest BCUT2D eigenvalue weighted by Crippen LogP contribution is -2.21. The van der Waals surface area contributed by atoms with Crippen molar-refractivity contribution in [1.29, 1.82) is 0 Å². The first-order valence-electron chi connectivity index (χ1n) is 7.84. The van der Waals surface area contributed by atoms with Crippen LogP contribution in [-0.2, 0) is 6.54 Å². The van der Waals surface area contributed by atoms with Crippen LogP contribution in [-0.4, -0.2) is 20.3 Å². The number of hydrogen-bond donors (Lipinski definition) is 1. The molecular weight excluding hydrogens is 330 g/mol. The molecular formula is C17H26BrNO2. The predicted octanol–water partition coefficient (Wildman–Crippen LogP) is 4.38. The van der Waals surface area contributed by atoms with E-state index in [1.54, 1.807) is 7.11 Å². The van der Waals surface area contributed by atoms with Crippen LogP contribution < -0.4 is 14.8 Å². The number of nitrogens with one attached hydrogen (secondary N) is 1. The van der Waals surface area contributed by atoms with Gasteiger partial charge in [-0.1, -0.05) is 13.3 Å². The summed E-state index contributed by atoms with van der Waals surface area (Å²) in [5.41, 5.74) is 1.22. The van der Waals surface area contributed by atoms with Gasteiger partial charge in [0.05, 0.1) is 18.2 Å². The maximum Gasteiger partial charge on any atom is 0.175 e. The van der Waals surface area contributed by atoms with Crippen LogP contribution >= 0.6 is 15.9 Å². The van der Waals surface area contributed by atoms with Crippen LogP contribution in [0, 0.1) is 11.8 Å². The van der Waals surface area contributed by atoms with E-state index in [9.17, 15) is 0 Å². The second-order valence-electron chi connectivity index (χ2n) is 5.96. The maximum atomic E-state index is 5.62. The Bertz CT molecular complexity index is 464. The molecule has 2 rings (SSSR count). The molecule has 1 fully saturated rings. The minimum atomic E-state index is 0.631. The van der Waals surface area contributed by atoms with Crippen LogP contribution in [0.4, 0.5) is 0 Å². The summed E-state index contributed by atoms with van der Waals surface area (Å²) in [4.78, 5) is 0. The summed E-state index contributed by atoms with van der Waals surface area (Å²) in [6, 6.07) is 4.16. The standard InChI is InChI=1S/C17H26BrNO2/c1-4-21-17-15(18)8-14(9-16(17)20-3)11-19-10-13-6-5-12(2)7-13/h8-9,12-13,19H,4-7,10-11H2,1-3H3. The van der Waals surface area contributed by atoms with Gasteiger partial charge < -0.3 is 14.8 Å². The van der Waals surface area contributed by atoms with Gasteiger partial charge in [0.25, 0.3) is 0 Å². The topological polar surface area (TPSA) is 30.5 Å². The Labute approximate surface area is 136 Å². The SMILES string of the molecule is CCOc1c(Br)cc(CNCC2CCC(C)C2)cc1OC. The van der Waals surface area contributed by atoms with E-state index in [1.807, 2.05) is 6.92 Å². The Hall–Kier alpha value is -0.740. The number of rotatable bonds is 7. The molecule has 3 nitrogen and oxygen atoms in total. The van der Waals surface area contributed by atoms with Crippen molar-refractivity contribution in [3.05, 3.63) is 22.2 Å². The van der Waals surface area contributed by atoms with Gasteiger partial charge in [-0.2, -0.15) is 0 Å². The van der Waals surface area contributed by atoms with E-state index in [0.717, 1.165) is 40.9 Å². The Morgan fingerprint density at radius 2 is 2.14 bits per heavy atom. The van der Waals surface area contributed by atoms with Gasteiger partial charge in [0.2, 0.25) is 0 Å². The molecule has 0 spiro atoms. The zero-order valence-electron chi connectivity index (χ0n) is 13.2. The van der Waals surface area contributed by atoms with Gasteiger partial charge in [-0.3, -0.25) is 0 Å². The molecule has 1 aromatic carbocycles. The number of hydrogen-bond acceptors (Lipinski definition) is 3. The Kier molecular flexibility index (Phi) is 6.37. The van der Waals surface area contributed by atoms with E-state index in [2.05, 4.69) is 40.3 Å².